The highest BCUT2D eigenvalue weighted by Gasteiger charge is 2.20. The molecule has 0 unspecified atom stereocenters. The first-order valence-electron chi connectivity index (χ1n) is 5.88. The van der Waals surface area contributed by atoms with Crippen LogP contribution >= 0.6 is 0 Å². The molecule has 0 aromatic heterocycles. The van der Waals surface area contributed by atoms with Crippen LogP contribution in [-0.2, 0) is 0 Å². The molecule has 0 bridgehead atoms. The van der Waals surface area contributed by atoms with Crippen molar-refractivity contribution in [2.45, 2.75) is 25.7 Å². The van der Waals surface area contributed by atoms with Crippen molar-refractivity contribution in [2.75, 3.05) is 11.9 Å². The topological polar surface area (TPSA) is 55.2 Å². The number of alkyl halides is 2. The maximum absolute atomic E-state index is 12.8. The first-order chi connectivity index (χ1) is 8.58. The van der Waals surface area contributed by atoms with Crippen LogP contribution in [0.2, 0.25) is 0 Å². The van der Waals surface area contributed by atoms with Crippen LogP contribution in [0.25, 0.3) is 0 Å². The van der Waals surface area contributed by atoms with Gasteiger partial charge in [0.25, 0.3) is 12.1 Å². The lowest BCUT2D eigenvalue weighted by Crippen LogP contribution is -2.21. The molecule has 0 atom stereocenters. The molecule has 1 fully saturated rings. The van der Waals surface area contributed by atoms with E-state index in [4.69, 9.17) is 0 Å². The van der Waals surface area contributed by atoms with Crippen LogP contribution in [0.4, 0.5) is 20.2 Å². The summed E-state index contributed by atoms with van der Waals surface area (Å²) in [4.78, 5) is 9.88. The monoisotopic (exact) mass is 256 g/mol. The molecular formula is C12H14F2N2O2. The number of hydrogen-bond donors (Lipinski definition) is 1. The smallest absolute Gasteiger partial charge is 0.270 e. The van der Waals surface area contributed by atoms with E-state index in [0.717, 1.165) is 18.9 Å². The normalized spacial score (nSPS) is 15.5. The second kappa shape index (κ2) is 5.29. The second-order valence-corrected chi connectivity index (χ2v) is 4.51. The molecule has 1 saturated carbocycles. The van der Waals surface area contributed by atoms with Gasteiger partial charge in [0.1, 0.15) is 0 Å². The lowest BCUT2D eigenvalue weighted by molar-refractivity contribution is -0.385. The average Bonchev–Trinajstić information content (AvgIpc) is 2.26. The zero-order valence-corrected chi connectivity index (χ0v) is 9.73. The molecule has 4 nitrogen and oxygen atoms in total. The van der Waals surface area contributed by atoms with Gasteiger partial charge in [-0.2, -0.15) is 0 Å². The number of benzene rings is 1. The number of anilines is 1. The Hall–Kier alpha value is -1.72. The van der Waals surface area contributed by atoms with Crippen molar-refractivity contribution in [1.82, 2.24) is 0 Å². The molecule has 0 amide bonds. The number of hydrogen-bond acceptors (Lipinski definition) is 3. The quantitative estimate of drug-likeness (QED) is 0.644. The molecule has 6 heteroatoms. The molecule has 0 heterocycles. The van der Waals surface area contributed by atoms with E-state index in [-0.39, 0.29) is 11.3 Å². The summed E-state index contributed by atoms with van der Waals surface area (Å²) < 4.78 is 25.7. The Bertz CT molecular complexity index is 448. The maximum atomic E-state index is 12.8. The Balaban J connectivity index is 2.14. The van der Waals surface area contributed by atoms with Gasteiger partial charge in [0.05, 0.1) is 4.92 Å². The van der Waals surface area contributed by atoms with Crippen molar-refractivity contribution >= 4 is 11.4 Å². The zero-order valence-electron chi connectivity index (χ0n) is 9.73. The summed E-state index contributed by atoms with van der Waals surface area (Å²) >= 11 is 0. The summed E-state index contributed by atoms with van der Waals surface area (Å²) in [6.45, 7) is 0.650. The van der Waals surface area contributed by atoms with Crippen LogP contribution < -0.4 is 5.32 Å². The molecule has 1 aromatic rings. The van der Waals surface area contributed by atoms with E-state index in [0.29, 0.717) is 18.2 Å². The maximum Gasteiger partial charge on any atom is 0.270 e. The minimum absolute atomic E-state index is 0.294. The Morgan fingerprint density at radius 1 is 1.44 bits per heavy atom. The van der Waals surface area contributed by atoms with Crippen LogP contribution in [0.15, 0.2) is 18.2 Å². The first-order valence-corrected chi connectivity index (χ1v) is 5.88. The molecule has 98 valence electrons. The Kier molecular flexibility index (Phi) is 3.74. The highest BCUT2D eigenvalue weighted by molar-refractivity contribution is 5.56. The third-order valence-electron chi connectivity index (χ3n) is 3.29. The Labute approximate surface area is 103 Å². The molecule has 0 radical (unpaired) electrons. The predicted molar refractivity (Wildman–Crippen MR) is 63.9 cm³/mol. The predicted octanol–water partition coefficient (Wildman–Crippen LogP) is 3.74. The molecule has 0 saturated heterocycles. The minimum Gasteiger partial charge on any atom is -0.384 e. The number of non-ortho nitro benzene ring substituents is 1. The summed E-state index contributed by atoms with van der Waals surface area (Å²) in [6, 6.07) is 3.54. The van der Waals surface area contributed by atoms with E-state index in [2.05, 4.69) is 5.32 Å². The molecule has 1 aliphatic carbocycles. The highest BCUT2D eigenvalue weighted by Crippen LogP contribution is 2.32. The van der Waals surface area contributed by atoms with Crippen molar-refractivity contribution in [3.05, 3.63) is 33.9 Å². The fourth-order valence-electron chi connectivity index (χ4n) is 1.96. The third kappa shape index (κ3) is 2.75. The number of halogens is 2. The van der Waals surface area contributed by atoms with Crippen LogP contribution in [-0.4, -0.2) is 11.5 Å². The van der Waals surface area contributed by atoms with Gasteiger partial charge >= 0.3 is 0 Å². The van der Waals surface area contributed by atoms with E-state index in [1.165, 1.54) is 18.6 Å². The second-order valence-electron chi connectivity index (χ2n) is 4.51. The van der Waals surface area contributed by atoms with Gasteiger partial charge in [-0.1, -0.05) is 6.42 Å². The van der Waals surface area contributed by atoms with Crippen molar-refractivity contribution in [3.8, 4) is 0 Å². The Morgan fingerprint density at radius 2 is 2.17 bits per heavy atom. The average molecular weight is 256 g/mol. The first kappa shape index (κ1) is 12.7. The summed E-state index contributed by atoms with van der Waals surface area (Å²) in [6.07, 6.45) is 0.705. The SMILES string of the molecule is O=[N+]([O-])c1ccc(NCC2CCC2)c(C(F)F)c1. The van der Waals surface area contributed by atoms with Gasteiger partial charge in [-0.15, -0.1) is 0 Å². The number of nitro benzene ring substituents is 1. The van der Waals surface area contributed by atoms with Gasteiger partial charge in [-0.25, -0.2) is 8.78 Å². The summed E-state index contributed by atoms with van der Waals surface area (Å²) in [5, 5.41) is 13.5. The molecule has 0 spiro atoms. The fourth-order valence-corrected chi connectivity index (χ4v) is 1.96. The van der Waals surface area contributed by atoms with E-state index in [1.54, 1.807) is 0 Å². The highest BCUT2D eigenvalue weighted by atomic mass is 19.3. The zero-order chi connectivity index (χ0) is 13.1. The van der Waals surface area contributed by atoms with Crippen molar-refractivity contribution in [1.29, 1.82) is 0 Å². The van der Waals surface area contributed by atoms with Crippen LogP contribution in [0.3, 0.4) is 0 Å². The standard InChI is InChI=1S/C12H14F2N2O2/c13-12(14)10-6-9(16(17)18)4-5-11(10)15-7-8-2-1-3-8/h4-6,8,12,15H,1-3,7H2. The molecule has 0 aliphatic heterocycles. The van der Waals surface area contributed by atoms with Crippen molar-refractivity contribution < 1.29 is 13.7 Å². The van der Waals surface area contributed by atoms with Gasteiger partial charge in [0.15, 0.2) is 0 Å². The number of nitrogens with zero attached hydrogens (tertiary/aromatic N) is 1. The van der Waals surface area contributed by atoms with E-state index < -0.39 is 11.3 Å². The van der Waals surface area contributed by atoms with Gasteiger partial charge in [-0.3, -0.25) is 10.1 Å². The largest absolute Gasteiger partial charge is 0.384 e. The minimum atomic E-state index is -2.71. The van der Waals surface area contributed by atoms with Crippen LogP contribution in [0.5, 0.6) is 0 Å². The lowest BCUT2D eigenvalue weighted by Gasteiger charge is -2.26. The van der Waals surface area contributed by atoms with E-state index in [9.17, 15) is 18.9 Å². The van der Waals surface area contributed by atoms with Gasteiger partial charge in [0, 0.05) is 29.9 Å². The molecular weight excluding hydrogens is 242 g/mol. The molecule has 1 aromatic carbocycles. The van der Waals surface area contributed by atoms with E-state index >= 15 is 0 Å². The fraction of sp³-hybridized carbons (Fsp3) is 0.500. The van der Waals surface area contributed by atoms with Gasteiger partial charge in [-0.05, 0) is 24.8 Å². The number of nitrogens with one attached hydrogen (secondary N) is 1. The van der Waals surface area contributed by atoms with Crippen LogP contribution in [0, 0.1) is 16.0 Å². The molecule has 2 rings (SSSR count). The number of nitro groups is 1. The molecule has 1 aliphatic rings. The Morgan fingerprint density at radius 3 is 2.67 bits per heavy atom. The molecule has 1 N–H and O–H groups in total. The third-order valence-corrected chi connectivity index (χ3v) is 3.29. The summed E-state index contributed by atoms with van der Waals surface area (Å²) in [5.74, 6) is 0.533. The summed E-state index contributed by atoms with van der Waals surface area (Å²) in [5.41, 5.74) is -0.314. The molecule has 18 heavy (non-hydrogen) atoms. The van der Waals surface area contributed by atoms with Crippen molar-refractivity contribution in [2.24, 2.45) is 5.92 Å². The van der Waals surface area contributed by atoms with Crippen LogP contribution in [0.1, 0.15) is 31.3 Å². The number of rotatable bonds is 5. The van der Waals surface area contributed by atoms with Gasteiger partial charge in [0.2, 0.25) is 0 Å². The van der Waals surface area contributed by atoms with Crippen molar-refractivity contribution in [3.63, 3.8) is 0 Å². The van der Waals surface area contributed by atoms with E-state index in [1.807, 2.05) is 0 Å². The summed E-state index contributed by atoms with van der Waals surface area (Å²) in [7, 11) is 0. The van der Waals surface area contributed by atoms with Gasteiger partial charge < -0.3 is 5.32 Å². The lowest BCUT2D eigenvalue weighted by atomic mass is 9.85.